The molecular formula is C20H28F2N2O2. The summed E-state index contributed by atoms with van der Waals surface area (Å²) < 4.78 is 29.3. The van der Waals surface area contributed by atoms with E-state index < -0.39 is 6.61 Å². The van der Waals surface area contributed by atoms with Crippen molar-refractivity contribution in [3.63, 3.8) is 0 Å². The lowest BCUT2D eigenvalue weighted by molar-refractivity contribution is -0.117. The smallest absolute Gasteiger partial charge is 0.387 e. The molecule has 0 spiro atoms. The first-order valence-electron chi connectivity index (χ1n) is 9.03. The van der Waals surface area contributed by atoms with E-state index in [0.717, 1.165) is 13.1 Å². The summed E-state index contributed by atoms with van der Waals surface area (Å²) in [6, 6.07) is 6.39. The maximum atomic E-state index is 12.4. The number of ether oxygens (including phenoxy) is 1. The number of amides is 1. The molecule has 4 nitrogen and oxygen atoms in total. The minimum Gasteiger partial charge on any atom is -0.434 e. The highest BCUT2D eigenvalue weighted by Crippen LogP contribution is 2.24. The van der Waals surface area contributed by atoms with Crippen LogP contribution in [0.4, 0.5) is 8.78 Å². The molecule has 2 rings (SSSR count). The quantitative estimate of drug-likeness (QED) is 0.744. The molecule has 144 valence electrons. The van der Waals surface area contributed by atoms with Crippen LogP contribution in [0.25, 0.3) is 6.08 Å². The topological polar surface area (TPSA) is 41.6 Å². The van der Waals surface area contributed by atoms with Crippen LogP contribution in [0.1, 0.15) is 39.2 Å². The molecule has 0 aromatic heterocycles. The number of nitrogens with zero attached hydrogens (tertiary/aromatic N) is 1. The van der Waals surface area contributed by atoms with Crippen LogP contribution in [0.3, 0.4) is 0 Å². The van der Waals surface area contributed by atoms with Gasteiger partial charge < -0.3 is 10.1 Å². The summed E-state index contributed by atoms with van der Waals surface area (Å²) in [4.78, 5) is 14.6. The number of rotatable bonds is 7. The minimum absolute atomic E-state index is 0.0502. The zero-order valence-corrected chi connectivity index (χ0v) is 15.7. The number of carbonyl (C=O) groups excluding carboxylic acids is 1. The third-order valence-corrected chi connectivity index (χ3v) is 4.76. The third-order valence-electron chi connectivity index (χ3n) is 4.76. The Labute approximate surface area is 154 Å². The Morgan fingerprint density at radius 1 is 1.42 bits per heavy atom. The first kappa shape index (κ1) is 20.4. The molecule has 0 aliphatic carbocycles. The van der Waals surface area contributed by atoms with E-state index in [9.17, 15) is 13.6 Å². The van der Waals surface area contributed by atoms with Gasteiger partial charge in [0.1, 0.15) is 5.75 Å². The zero-order valence-electron chi connectivity index (χ0n) is 15.7. The van der Waals surface area contributed by atoms with Crippen LogP contribution in [0.5, 0.6) is 5.75 Å². The Bertz CT molecular complexity index is 632. The number of hydrogen-bond acceptors (Lipinski definition) is 3. The maximum Gasteiger partial charge on any atom is 0.387 e. The summed E-state index contributed by atoms with van der Waals surface area (Å²) in [6.45, 7) is 6.21. The highest BCUT2D eigenvalue weighted by molar-refractivity contribution is 5.92. The second-order valence-corrected chi connectivity index (χ2v) is 7.47. The van der Waals surface area contributed by atoms with Gasteiger partial charge in [0, 0.05) is 30.3 Å². The Balaban J connectivity index is 1.91. The fourth-order valence-corrected chi connectivity index (χ4v) is 3.20. The molecule has 0 bridgehead atoms. The summed E-state index contributed by atoms with van der Waals surface area (Å²) in [5.41, 5.74) is 0.307. The van der Waals surface area contributed by atoms with Gasteiger partial charge in [-0.2, -0.15) is 8.78 Å². The molecule has 1 heterocycles. The zero-order chi connectivity index (χ0) is 19.2. The molecule has 1 N–H and O–H groups in total. The monoisotopic (exact) mass is 366 g/mol. The average molecular weight is 366 g/mol. The van der Waals surface area contributed by atoms with E-state index in [4.69, 9.17) is 0 Å². The Morgan fingerprint density at radius 3 is 2.85 bits per heavy atom. The Kier molecular flexibility index (Phi) is 7.14. The van der Waals surface area contributed by atoms with E-state index in [2.05, 4.69) is 35.7 Å². The van der Waals surface area contributed by atoms with Gasteiger partial charge in [-0.1, -0.05) is 25.1 Å². The average Bonchev–Trinajstić information content (AvgIpc) is 2.59. The van der Waals surface area contributed by atoms with E-state index in [1.165, 1.54) is 31.1 Å². The van der Waals surface area contributed by atoms with Gasteiger partial charge in [0.05, 0.1) is 0 Å². The van der Waals surface area contributed by atoms with E-state index >= 15 is 0 Å². The van der Waals surface area contributed by atoms with Crippen molar-refractivity contribution in [1.82, 2.24) is 10.2 Å². The molecule has 1 aliphatic rings. The summed E-state index contributed by atoms with van der Waals surface area (Å²) in [5, 5.41) is 2.91. The molecule has 26 heavy (non-hydrogen) atoms. The second kappa shape index (κ2) is 9.12. The molecule has 1 aromatic carbocycles. The normalized spacial score (nSPS) is 19.1. The first-order valence-corrected chi connectivity index (χ1v) is 9.03. The van der Waals surface area contributed by atoms with Gasteiger partial charge in [0.25, 0.3) is 0 Å². The van der Waals surface area contributed by atoms with Crippen LogP contribution >= 0.6 is 0 Å². The largest absolute Gasteiger partial charge is 0.434 e. The minimum atomic E-state index is -2.90. The molecule has 0 radical (unpaired) electrons. The van der Waals surface area contributed by atoms with Crippen LogP contribution in [0.15, 0.2) is 30.3 Å². The molecule has 1 aliphatic heterocycles. The lowest BCUT2D eigenvalue weighted by Crippen LogP contribution is -2.54. The lowest BCUT2D eigenvalue weighted by atomic mass is 9.93. The van der Waals surface area contributed by atoms with Crippen molar-refractivity contribution in [1.29, 1.82) is 0 Å². The number of benzene rings is 1. The Hall–Kier alpha value is -1.95. The number of nitrogens with one attached hydrogen (secondary N) is 1. The van der Waals surface area contributed by atoms with Gasteiger partial charge in [-0.25, -0.2) is 0 Å². The van der Waals surface area contributed by atoms with Crippen LogP contribution in [-0.4, -0.2) is 42.6 Å². The van der Waals surface area contributed by atoms with Crippen molar-refractivity contribution in [3.8, 4) is 5.75 Å². The van der Waals surface area contributed by atoms with Crippen molar-refractivity contribution in [2.75, 3.05) is 19.6 Å². The molecule has 6 heteroatoms. The van der Waals surface area contributed by atoms with Crippen molar-refractivity contribution in [3.05, 3.63) is 35.9 Å². The van der Waals surface area contributed by atoms with E-state index in [1.807, 2.05) is 0 Å². The number of hydrogen-bond donors (Lipinski definition) is 1. The van der Waals surface area contributed by atoms with Gasteiger partial charge in [-0.3, -0.25) is 9.69 Å². The number of alkyl halides is 2. The van der Waals surface area contributed by atoms with Gasteiger partial charge in [0.2, 0.25) is 5.91 Å². The van der Waals surface area contributed by atoms with E-state index in [1.54, 1.807) is 18.2 Å². The molecule has 1 fully saturated rings. The van der Waals surface area contributed by atoms with Crippen molar-refractivity contribution in [2.45, 2.75) is 45.8 Å². The number of likely N-dealkylation sites (tertiary alicyclic amines) is 1. The van der Waals surface area contributed by atoms with Gasteiger partial charge in [-0.15, -0.1) is 0 Å². The fraction of sp³-hybridized carbons (Fsp3) is 0.550. The first-order chi connectivity index (χ1) is 12.3. The number of halogens is 2. The molecule has 1 atom stereocenters. The van der Waals surface area contributed by atoms with Gasteiger partial charge >= 0.3 is 6.61 Å². The summed E-state index contributed by atoms with van der Waals surface area (Å²) in [5.74, 6) is 0.467. The summed E-state index contributed by atoms with van der Waals surface area (Å²) >= 11 is 0. The summed E-state index contributed by atoms with van der Waals surface area (Å²) in [6.07, 6.45) is 5.27. The second-order valence-electron chi connectivity index (χ2n) is 7.47. The standard InChI is InChI=1S/C20H28F2N2O2/c1-15-7-6-12-24(13-15)20(2,3)14-23-18(25)11-10-16-8-4-5-9-17(16)26-19(21)22/h4-5,8-11,15,19H,6-7,12-14H2,1-3H3,(H,23,25). The van der Waals surface area contributed by atoms with Crippen molar-refractivity contribution < 1.29 is 18.3 Å². The molecule has 1 aromatic rings. The molecule has 1 saturated heterocycles. The molecular weight excluding hydrogens is 338 g/mol. The number of piperidine rings is 1. The molecule has 0 saturated carbocycles. The van der Waals surface area contributed by atoms with E-state index in [-0.39, 0.29) is 17.2 Å². The van der Waals surface area contributed by atoms with Crippen LogP contribution in [0, 0.1) is 5.92 Å². The maximum absolute atomic E-state index is 12.4. The number of carbonyl (C=O) groups is 1. The molecule has 1 unspecified atom stereocenters. The Morgan fingerprint density at radius 2 is 2.15 bits per heavy atom. The van der Waals surface area contributed by atoms with Crippen molar-refractivity contribution in [2.24, 2.45) is 5.92 Å². The van der Waals surface area contributed by atoms with E-state index in [0.29, 0.717) is 18.0 Å². The van der Waals surface area contributed by atoms with Gasteiger partial charge in [0.15, 0.2) is 0 Å². The van der Waals surface area contributed by atoms with Crippen LogP contribution in [0.2, 0.25) is 0 Å². The predicted octanol–water partition coefficient (Wildman–Crippen LogP) is 3.93. The number of para-hydroxylation sites is 1. The molecule has 1 amide bonds. The van der Waals surface area contributed by atoms with Gasteiger partial charge in [-0.05, 0) is 51.3 Å². The van der Waals surface area contributed by atoms with Crippen LogP contribution in [-0.2, 0) is 4.79 Å². The fourth-order valence-electron chi connectivity index (χ4n) is 3.20. The highest BCUT2D eigenvalue weighted by Gasteiger charge is 2.30. The van der Waals surface area contributed by atoms with Crippen molar-refractivity contribution >= 4 is 12.0 Å². The summed E-state index contributed by atoms with van der Waals surface area (Å²) in [7, 11) is 0. The highest BCUT2D eigenvalue weighted by atomic mass is 19.3. The lowest BCUT2D eigenvalue weighted by Gasteiger charge is -2.43. The predicted molar refractivity (Wildman–Crippen MR) is 99.2 cm³/mol. The SMILES string of the molecule is CC1CCCN(C(C)(C)CNC(=O)C=Cc2ccccc2OC(F)F)C1. The van der Waals surface area contributed by atoms with Crippen LogP contribution < -0.4 is 10.1 Å². The third kappa shape index (κ3) is 6.09.